The molecule has 1 unspecified atom stereocenters. The monoisotopic (exact) mass is 302 g/mol. The fraction of sp³-hybridized carbons (Fsp3) is 0.267. The van der Waals surface area contributed by atoms with Crippen LogP contribution in [0, 0.1) is 0 Å². The highest BCUT2D eigenvalue weighted by molar-refractivity contribution is 5.92. The van der Waals surface area contributed by atoms with Crippen molar-refractivity contribution in [2.45, 2.75) is 6.10 Å². The summed E-state index contributed by atoms with van der Waals surface area (Å²) < 4.78 is 10.6. The Balaban J connectivity index is 1.69. The smallest absolute Gasteiger partial charge is 0.334 e. The number of benzene rings is 1. The van der Waals surface area contributed by atoms with Crippen molar-refractivity contribution in [3.63, 3.8) is 0 Å². The second-order valence-corrected chi connectivity index (χ2v) is 4.84. The van der Waals surface area contributed by atoms with Crippen LogP contribution in [0.1, 0.15) is 5.89 Å². The van der Waals surface area contributed by atoms with Crippen LogP contribution in [-0.2, 0) is 14.3 Å². The molecule has 1 fully saturated rings. The van der Waals surface area contributed by atoms with Crippen molar-refractivity contribution in [3.05, 3.63) is 36.2 Å². The molecule has 1 aliphatic heterocycles. The zero-order chi connectivity index (χ0) is 15.5. The van der Waals surface area contributed by atoms with E-state index >= 15 is 0 Å². The molecule has 0 aliphatic carbocycles. The quantitative estimate of drug-likeness (QED) is 0.855. The maximum absolute atomic E-state index is 12.1. The summed E-state index contributed by atoms with van der Waals surface area (Å²) in [5.41, 5.74) is 1.36. The number of hydrogen-bond donors (Lipinski definition) is 1. The first-order valence-corrected chi connectivity index (χ1v) is 6.80. The fourth-order valence-electron chi connectivity index (χ4n) is 2.21. The summed E-state index contributed by atoms with van der Waals surface area (Å²) in [6.45, 7) is 0.603. The molecule has 1 N–H and O–H groups in total. The van der Waals surface area contributed by atoms with Crippen molar-refractivity contribution in [2.24, 2.45) is 0 Å². The Morgan fingerprint density at radius 1 is 1.36 bits per heavy atom. The molecule has 22 heavy (non-hydrogen) atoms. The minimum atomic E-state index is -1.07. The van der Waals surface area contributed by atoms with Gasteiger partial charge in [0.25, 0.3) is 0 Å². The Morgan fingerprint density at radius 3 is 2.95 bits per heavy atom. The van der Waals surface area contributed by atoms with Crippen LogP contribution in [-0.4, -0.2) is 52.7 Å². The number of hydrogen-bond acceptors (Lipinski definition) is 5. The van der Waals surface area contributed by atoms with Crippen LogP contribution in [0.25, 0.3) is 17.2 Å². The predicted octanol–water partition coefficient (Wildman–Crippen LogP) is 1.15. The Labute approximate surface area is 125 Å². The highest BCUT2D eigenvalue weighted by Crippen LogP contribution is 2.15. The molecular weight excluding hydrogens is 288 g/mol. The largest absolute Gasteiger partial charge is 0.479 e. The summed E-state index contributed by atoms with van der Waals surface area (Å²) in [5.74, 6) is -1.03. The average Bonchev–Trinajstić information content (AvgIpc) is 2.95. The highest BCUT2D eigenvalue weighted by Gasteiger charge is 2.27. The van der Waals surface area contributed by atoms with Crippen molar-refractivity contribution in [2.75, 3.05) is 19.7 Å². The van der Waals surface area contributed by atoms with Gasteiger partial charge in [0.2, 0.25) is 11.8 Å². The molecule has 114 valence electrons. The van der Waals surface area contributed by atoms with E-state index in [4.69, 9.17) is 14.3 Å². The zero-order valence-corrected chi connectivity index (χ0v) is 11.6. The molecule has 7 heteroatoms. The predicted molar refractivity (Wildman–Crippen MR) is 77.0 cm³/mol. The molecule has 1 amide bonds. The van der Waals surface area contributed by atoms with Crippen molar-refractivity contribution < 1.29 is 23.8 Å². The third kappa shape index (κ3) is 2.99. The molecule has 1 atom stereocenters. The molecular formula is C15H14N2O5. The molecule has 1 saturated heterocycles. The number of carboxylic acids is 1. The average molecular weight is 302 g/mol. The lowest BCUT2D eigenvalue weighted by molar-refractivity contribution is -0.158. The Kier molecular flexibility index (Phi) is 3.88. The number of morpholine rings is 1. The summed E-state index contributed by atoms with van der Waals surface area (Å²) >= 11 is 0. The lowest BCUT2D eigenvalue weighted by Crippen LogP contribution is -2.48. The number of carbonyl (C=O) groups is 2. The van der Waals surface area contributed by atoms with Crippen LogP contribution in [0.2, 0.25) is 0 Å². The number of carboxylic acid groups (broad SMARTS) is 1. The van der Waals surface area contributed by atoms with Gasteiger partial charge in [-0.05, 0) is 12.1 Å². The Bertz CT molecular complexity index is 703. The number of para-hydroxylation sites is 2. The van der Waals surface area contributed by atoms with Gasteiger partial charge in [-0.3, -0.25) is 4.79 Å². The standard InChI is InChI=1S/C15H14N2O5/c18-14(17-7-8-21-12(9-17)15(19)20)6-5-13-16-10-3-1-2-4-11(10)22-13/h1-6,12H,7-9H2,(H,19,20)/b6-5+. The summed E-state index contributed by atoms with van der Waals surface area (Å²) in [5, 5.41) is 8.92. The van der Waals surface area contributed by atoms with Gasteiger partial charge in [-0.1, -0.05) is 12.1 Å². The van der Waals surface area contributed by atoms with Crippen molar-refractivity contribution >= 4 is 29.1 Å². The third-order valence-corrected chi connectivity index (χ3v) is 3.33. The van der Waals surface area contributed by atoms with E-state index in [1.807, 2.05) is 18.2 Å². The molecule has 3 rings (SSSR count). The number of ether oxygens (including phenoxy) is 1. The first kappa shape index (κ1) is 14.3. The highest BCUT2D eigenvalue weighted by atomic mass is 16.5. The summed E-state index contributed by atoms with van der Waals surface area (Å²) in [4.78, 5) is 28.6. The van der Waals surface area contributed by atoms with Gasteiger partial charge in [-0.2, -0.15) is 0 Å². The van der Waals surface area contributed by atoms with Crippen molar-refractivity contribution in [1.29, 1.82) is 0 Å². The minimum Gasteiger partial charge on any atom is -0.479 e. The van der Waals surface area contributed by atoms with Gasteiger partial charge < -0.3 is 19.2 Å². The van der Waals surface area contributed by atoms with Crippen LogP contribution in [0.4, 0.5) is 0 Å². The van der Waals surface area contributed by atoms with Gasteiger partial charge in [-0.25, -0.2) is 9.78 Å². The molecule has 0 saturated carbocycles. The number of rotatable bonds is 3. The topological polar surface area (TPSA) is 92.9 Å². The van der Waals surface area contributed by atoms with Crippen LogP contribution in [0.15, 0.2) is 34.8 Å². The van der Waals surface area contributed by atoms with Gasteiger partial charge in [0, 0.05) is 18.7 Å². The molecule has 1 aromatic heterocycles. The van der Waals surface area contributed by atoms with Gasteiger partial charge in [-0.15, -0.1) is 0 Å². The molecule has 2 heterocycles. The molecule has 1 aromatic carbocycles. The number of aliphatic carboxylic acids is 1. The zero-order valence-electron chi connectivity index (χ0n) is 11.6. The second kappa shape index (κ2) is 5.98. The molecule has 0 bridgehead atoms. The minimum absolute atomic E-state index is 0.0338. The molecule has 1 aliphatic rings. The van der Waals surface area contributed by atoms with E-state index in [9.17, 15) is 9.59 Å². The van der Waals surface area contributed by atoms with Gasteiger partial charge in [0.05, 0.1) is 13.2 Å². The molecule has 7 nitrogen and oxygen atoms in total. The van der Waals surface area contributed by atoms with Crippen molar-refractivity contribution in [3.8, 4) is 0 Å². The molecule has 0 radical (unpaired) electrons. The lowest BCUT2D eigenvalue weighted by atomic mass is 10.2. The summed E-state index contributed by atoms with van der Waals surface area (Å²) in [7, 11) is 0. The maximum Gasteiger partial charge on any atom is 0.334 e. The Hall–Kier alpha value is -2.67. The summed E-state index contributed by atoms with van der Waals surface area (Å²) in [6.07, 6.45) is 1.83. The van der Waals surface area contributed by atoms with E-state index < -0.39 is 12.1 Å². The van der Waals surface area contributed by atoms with E-state index in [1.54, 1.807) is 6.07 Å². The van der Waals surface area contributed by atoms with Crippen LogP contribution in [0.5, 0.6) is 0 Å². The van der Waals surface area contributed by atoms with E-state index in [0.29, 0.717) is 23.5 Å². The number of amides is 1. The maximum atomic E-state index is 12.1. The molecule has 2 aromatic rings. The van der Waals surface area contributed by atoms with E-state index in [1.165, 1.54) is 17.1 Å². The number of carbonyl (C=O) groups excluding carboxylic acids is 1. The lowest BCUT2D eigenvalue weighted by Gasteiger charge is -2.29. The molecule has 0 spiro atoms. The summed E-state index contributed by atoms with van der Waals surface area (Å²) in [6, 6.07) is 7.30. The second-order valence-electron chi connectivity index (χ2n) is 4.84. The van der Waals surface area contributed by atoms with Gasteiger partial charge in [0.1, 0.15) is 5.52 Å². The van der Waals surface area contributed by atoms with Crippen LogP contribution in [0.3, 0.4) is 0 Å². The van der Waals surface area contributed by atoms with Gasteiger partial charge in [0.15, 0.2) is 11.7 Å². The fourth-order valence-corrected chi connectivity index (χ4v) is 2.21. The van der Waals surface area contributed by atoms with E-state index in [-0.39, 0.29) is 19.1 Å². The SMILES string of the molecule is O=C(O)C1CN(C(=O)/C=C/c2nc3ccccc3o2)CCO1. The van der Waals surface area contributed by atoms with E-state index in [0.717, 1.165) is 0 Å². The third-order valence-electron chi connectivity index (χ3n) is 3.33. The van der Waals surface area contributed by atoms with Gasteiger partial charge >= 0.3 is 5.97 Å². The van der Waals surface area contributed by atoms with Crippen molar-refractivity contribution in [1.82, 2.24) is 9.88 Å². The number of oxazole rings is 1. The number of nitrogens with zero attached hydrogens (tertiary/aromatic N) is 2. The van der Waals surface area contributed by atoms with Crippen LogP contribution >= 0.6 is 0 Å². The normalized spacial score (nSPS) is 18.9. The van der Waals surface area contributed by atoms with E-state index in [2.05, 4.69) is 4.98 Å². The Morgan fingerprint density at radius 2 is 2.18 bits per heavy atom. The number of fused-ring (bicyclic) bond motifs is 1. The van der Waals surface area contributed by atoms with Crippen LogP contribution < -0.4 is 0 Å². The first-order valence-electron chi connectivity index (χ1n) is 6.80. The first-order chi connectivity index (χ1) is 10.6. The number of aromatic nitrogens is 1.